The standard InChI is InChI=1S/C35H44N8O2/c1-23-12-16-38-29(21-23)41-31(24-6-7-24)25-8-10-27(11-9-25)45-28-13-17-39-32(36)30(28)33(37)40-26-5-4-18-43(22-26)34(44)35(2)14-19-42(3)20-15-35/h8-13,16-17,21,26H,4-7,14-15,18-20,22H2,1-3H3,(H2,36,39)(H2,37,40)(H,38,41). The number of hydrogen-bond donors (Lipinski definition) is 3. The van der Waals surface area contributed by atoms with Crippen LogP contribution in [0.3, 0.4) is 0 Å². The van der Waals surface area contributed by atoms with Crippen molar-refractivity contribution in [3.05, 3.63) is 77.1 Å². The second-order valence-electron chi connectivity index (χ2n) is 12.9. The van der Waals surface area contributed by atoms with E-state index in [1.165, 1.54) is 5.57 Å². The number of piperidine rings is 2. The Morgan fingerprint density at radius 1 is 1.07 bits per heavy atom. The van der Waals surface area contributed by atoms with Gasteiger partial charge in [0.15, 0.2) is 0 Å². The van der Waals surface area contributed by atoms with Crippen molar-refractivity contribution in [2.75, 3.05) is 44.3 Å². The molecule has 0 radical (unpaired) electrons. The van der Waals surface area contributed by atoms with Gasteiger partial charge in [0.1, 0.15) is 34.5 Å². The van der Waals surface area contributed by atoms with Gasteiger partial charge in [-0.15, -0.1) is 0 Å². The molecule has 1 atom stereocenters. The van der Waals surface area contributed by atoms with E-state index in [0.717, 1.165) is 80.8 Å². The van der Waals surface area contributed by atoms with Crippen LogP contribution in [0, 0.1) is 12.3 Å². The van der Waals surface area contributed by atoms with Crippen molar-refractivity contribution in [2.24, 2.45) is 16.1 Å². The van der Waals surface area contributed by atoms with Gasteiger partial charge in [-0.1, -0.05) is 6.92 Å². The van der Waals surface area contributed by atoms with Gasteiger partial charge in [0, 0.05) is 42.7 Å². The van der Waals surface area contributed by atoms with Crippen LogP contribution in [-0.4, -0.2) is 70.8 Å². The molecule has 0 spiro atoms. The topological polar surface area (TPSA) is 135 Å². The molecule has 1 saturated carbocycles. The number of amidine groups is 1. The smallest absolute Gasteiger partial charge is 0.228 e. The Morgan fingerprint density at radius 2 is 1.80 bits per heavy atom. The van der Waals surface area contributed by atoms with E-state index in [-0.39, 0.29) is 29.0 Å². The number of allylic oxidation sites excluding steroid dienone is 1. The third kappa shape index (κ3) is 7.12. The zero-order chi connectivity index (χ0) is 31.6. The van der Waals surface area contributed by atoms with E-state index in [0.29, 0.717) is 23.6 Å². The lowest BCUT2D eigenvalue weighted by molar-refractivity contribution is -0.145. The first-order chi connectivity index (χ1) is 21.7. The third-order valence-electron chi connectivity index (χ3n) is 9.20. The lowest BCUT2D eigenvalue weighted by Gasteiger charge is -2.42. The highest BCUT2D eigenvalue weighted by Gasteiger charge is 2.40. The van der Waals surface area contributed by atoms with Crippen molar-refractivity contribution in [3.63, 3.8) is 0 Å². The number of carbonyl (C=O) groups excluding carboxylic acids is 1. The van der Waals surface area contributed by atoms with Gasteiger partial charge in [0.2, 0.25) is 5.91 Å². The van der Waals surface area contributed by atoms with Crippen LogP contribution in [0.5, 0.6) is 11.5 Å². The number of aryl methyl sites for hydroxylation is 1. The molecule has 10 nitrogen and oxygen atoms in total. The predicted octanol–water partition coefficient (Wildman–Crippen LogP) is 5.20. The molecule has 4 heterocycles. The maximum atomic E-state index is 13.6. The molecule has 3 fully saturated rings. The van der Waals surface area contributed by atoms with Crippen LogP contribution in [0.4, 0.5) is 11.6 Å². The van der Waals surface area contributed by atoms with Crippen LogP contribution in [0.2, 0.25) is 0 Å². The van der Waals surface area contributed by atoms with Crippen LogP contribution in [-0.2, 0) is 4.79 Å². The summed E-state index contributed by atoms with van der Waals surface area (Å²) in [5.41, 5.74) is 17.8. The highest BCUT2D eigenvalue weighted by molar-refractivity contribution is 6.04. The first-order valence-corrected chi connectivity index (χ1v) is 15.9. The van der Waals surface area contributed by atoms with Gasteiger partial charge in [-0.05, 0) is 119 Å². The number of ether oxygens (including phenoxy) is 1. The molecule has 45 heavy (non-hydrogen) atoms. The van der Waals surface area contributed by atoms with Gasteiger partial charge in [-0.3, -0.25) is 9.79 Å². The van der Waals surface area contributed by atoms with Crippen LogP contribution >= 0.6 is 0 Å². The number of pyridine rings is 2. The van der Waals surface area contributed by atoms with E-state index in [1.807, 2.05) is 47.5 Å². The number of nitrogens with one attached hydrogen (secondary N) is 1. The molecule has 6 rings (SSSR count). The summed E-state index contributed by atoms with van der Waals surface area (Å²) in [6, 6.07) is 13.6. The molecule has 10 heteroatoms. The highest BCUT2D eigenvalue weighted by atomic mass is 16.5. The molecule has 1 aliphatic carbocycles. The normalized spacial score (nSPS) is 20.1. The SMILES string of the molecule is Cc1ccnc(NC(=C2CC2)c2ccc(Oc3ccnc(N)c3C(N)=NC3CCCN(C(=O)C4(C)CCN(C)CC4)C3)cc2)c1. The number of hydrogen-bond acceptors (Lipinski definition) is 8. The molecular weight excluding hydrogens is 564 g/mol. The molecule has 1 unspecified atom stereocenters. The molecule has 5 N–H and O–H groups in total. The molecular formula is C35H44N8O2. The first-order valence-electron chi connectivity index (χ1n) is 15.9. The number of nitrogen functional groups attached to an aromatic ring is 1. The number of likely N-dealkylation sites (tertiary alicyclic amines) is 2. The number of anilines is 2. The minimum atomic E-state index is -0.322. The fourth-order valence-corrected chi connectivity index (χ4v) is 6.24. The van der Waals surface area contributed by atoms with Gasteiger partial charge < -0.3 is 31.3 Å². The molecule has 2 saturated heterocycles. The largest absolute Gasteiger partial charge is 0.456 e. The molecule has 236 valence electrons. The van der Waals surface area contributed by atoms with E-state index in [1.54, 1.807) is 12.3 Å². The predicted molar refractivity (Wildman–Crippen MR) is 179 cm³/mol. The Balaban J connectivity index is 1.16. The summed E-state index contributed by atoms with van der Waals surface area (Å²) < 4.78 is 6.31. The maximum Gasteiger partial charge on any atom is 0.228 e. The van der Waals surface area contributed by atoms with Crippen LogP contribution in [0.15, 0.2) is 65.4 Å². The van der Waals surface area contributed by atoms with Gasteiger partial charge in [0.05, 0.1) is 6.04 Å². The Hall–Kier alpha value is -4.44. The number of rotatable bonds is 8. The quantitative estimate of drug-likeness (QED) is 0.235. The number of amides is 1. The number of carbonyl (C=O) groups is 1. The zero-order valence-electron chi connectivity index (χ0n) is 26.6. The highest BCUT2D eigenvalue weighted by Crippen LogP contribution is 2.38. The summed E-state index contributed by atoms with van der Waals surface area (Å²) in [4.78, 5) is 31.5. The number of benzene rings is 1. The fourth-order valence-electron chi connectivity index (χ4n) is 6.24. The average Bonchev–Trinajstić information content (AvgIpc) is 3.87. The molecule has 2 aromatic heterocycles. The van der Waals surface area contributed by atoms with Crippen molar-refractivity contribution in [1.82, 2.24) is 19.8 Å². The molecule has 3 aliphatic rings. The number of aromatic nitrogens is 2. The van der Waals surface area contributed by atoms with Crippen molar-refractivity contribution in [1.29, 1.82) is 0 Å². The summed E-state index contributed by atoms with van der Waals surface area (Å²) in [6.07, 6.45) is 9.07. The minimum absolute atomic E-state index is 0.117. The molecule has 0 bridgehead atoms. The van der Waals surface area contributed by atoms with Gasteiger partial charge in [-0.25, -0.2) is 9.97 Å². The summed E-state index contributed by atoms with van der Waals surface area (Å²) in [5, 5.41) is 3.51. The summed E-state index contributed by atoms with van der Waals surface area (Å²) >= 11 is 0. The van der Waals surface area contributed by atoms with E-state index < -0.39 is 0 Å². The molecule has 3 aromatic rings. The van der Waals surface area contributed by atoms with Crippen LogP contribution in [0.25, 0.3) is 5.70 Å². The zero-order valence-corrected chi connectivity index (χ0v) is 26.6. The Labute approximate surface area is 265 Å². The lowest BCUT2D eigenvalue weighted by atomic mass is 9.78. The van der Waals surface area contributed by atoms with Crippen molar-refractivity contribution >= 4 is 29.1 Å². The van der Waals surface area contributed by atoms with E-state index in [4.69, 9.17) is 21.2 Å². The molecule has 2 aliphatic heterocycles. The van der Waals surface area contributed by atoms with Crippen LogP contribution < -0.4 is 21.5 Å². The summed E-state index contributed by atoms with van der Waals surface area (Å²) in [6.45, 7) is 7.35. The van der Waals surface area contributed by atoms with Crippen molar-refractivity contribution in [2.45, 2.75) is 58.4 Å². The van der Waals surface area contributed by atoms with Crippen molar-refractivity contribution in [3.8, 4) is 11.5 Å². The Kier molecular flexibility index (Phi) is 8.76. The van der Waals surface area contributed by atoms with Crippen LogP contribution in [0.1, 0.15) is 62.1 Å². The van der Waals surface area contributed by atoms with Gasteiger partial charge >= 0.3 is 0 Å². The summed E-state index contributed by atoms with van der Waals surface area (Å²) in [7, 11) is 2.11. The Morgan fingerprint density at radius 3 is 2.51 bits per heavy atom. The number of nitrogens with zero attached hydrogens (tertiary/aromatic N) is 5. The first kappa shape index (κ1) is 30.6. The average molecular weight is 609 g/mol. The fraction of sp³-hybridized carbons (Fsp3) is 0.429. The second kappa shape index (κ2) is 12.9. The third-order valence-corrected chi connectivity index (χ3v) is 9.20. The van der Waals surface area contributed by atoms with Crippen molar-refractivity contribution < 1.29 is 9.53 Å². The van der Waals surface area contributed by atoms with Gasteiger partial charge in [0.25, 0.3) is 0 Å². The Bertz CT molecular complexity index is 1600. The second-order valence-corrected chi connectivity index (χ2v) is 12.9. The van der Waals surface area contributed by atoms with Gasteiger partial charge in [-0.2, -0.15) is 0 Å². The molecule has 1 aromatic carbocycles. The van der Waals surface area contributed by atoms with E-state index in [2.05, 4.69) is 41.1 Å². The monoisotopic (exact) mass is 608 g/mol. The minimum Gasteiger partial charge on any atom is -0.456 e. The summed E-state index contributed by atoms with van der Waals surface area (Å²) in [5.74, 6) is 2.72. The van der Waals surface area contributed by atoms with E-state index in [9.17, 15) is 4.79 Å². The molecule has 1 amide bonds. The maximum absolute atomic E-state index is 13.6. The number of aliphatic imine (C=N–C) groups is 1. The number of nitrogens with two attached hydrogens (primary N) is 2. The van der Waals surface area contributed by atoms with E-state index >= 15 is 0 Å². The lowest BCUT2D eigenvalue weighted by Crippen LogP contribution is -2.51.